The van der Waals surface area contributed by atoms with E-state index >= 15 is 0 Å². The first-order valence-corrected chi connectivity index (χ1v) is 10.4. The van der Waals surface area contributed by atoms with Crippen molar-refractivity contribution in [2.45, 2.75) is 26.2 Å². The van der Waals surface area contributed by atoms with Gasteiger partial charge in [0.05, 0.1) is 12.8 Å². The molecule has 0 aromatic heterocycles. The summed E-state index contributed by atoms with van der Waals surface area (Å²) in [5.74, 6) is 0.934. The highest BCUT2D eigenvalue weighted by Gasteiger charge is 2.27. The van der Waals surface area contributed by atoms with Crippen molar-refractivity contribution < 1.29 is 4.74 Å². The van der Waals surface area contributed by atoms with Crippen LogP contribution in [-0.2, 0) is 5.41 Å². The van der Waals surface area contributed by atoms with Gasteiger partial charge in [-0.1, -0.05) is 87.5 Å². The van der Waals surface area contributed by atoms with Crippen LogP contribution in [0.5, 0.6) is 5.75 Å². The Kier molecular flexibility index (Phi) is 5.26. The first kappa shape index (κ1) is 20.0. The largest absolute Gasteiger partial charge is 0.496 e. The van der Waals surface area contributed by atoms with E-state index in [0.29, 0.717) is 0 Å². The third kappa shape index (κ3) is 3.66. The summed E-state index contributed by atoms with van der Waals surface area (Å²) in [6.45, 7) is 6.74. The molecule has 0 fully saturated rings. The second kappa shape index (κ2) is 7.87. The number of anilines is 2. The molecule has 2 heteroatoms. The van der Waals surface area contributed by atoms with E-state index in [1.165, 1.54) is 33.2 Å². The minimum absolute atomic E-state index is 0.0665. The number of fused-ring (bicyclic) bond motifs is 1. The van der Waals surface area contributed by atoms with Gasteiger partial charge < -0.3 is 9.64 Å². The summed E-state index contributed by atoms with van der Waals surface area (Å²) in [5.41, 5.74) is 5.96. The summed E-state index contributed by atoms with van der Waals surface area (Å²) in [6, 6.07) is 30.0. The van der Waals surface area contributed by atoms with E-state index in [0.717, 1.165) is 11.4 Å². The van der Waals surface area contributed by atoms with E-state index in [4.69, 9.17) is 4.74 Å². The maximum atomic E-state index is 5.86. The number of rotatable bonds is 4. The molecule has 0 bridgehead atoms. The Morgan fingerprint density at radius 2 is 1.33 bits per heavy atom. The number of hydrogen-bond acceptors (Lipinski definition) is 2. The monoisotopic (exact) mass is 395 g/mol. The van der Waals surface area contributed by atoms with Gasteiger partial charge in [-0.25, -0.2) is 0 Å². The van der Waals surface area contributed by atoms with Gasteiger partial charge in [-0.15, -0.1) is 0 Å². The van der Waals surface area contributed by atoms with Crippen molar-refractivity contribution in [2.24, 2.45) is 0 Å². The minimum Gasteiger partial charge on any atom is -0.496 e. The molecule has 0 N–H and O–H groups in total. The Hall–Kier alpha value is -3.26. The average molecular weight is 396 g/mol. The highest BCUT2D eigenvalue weighted by atomic mass is 16.5. The summed E-state index contributed by atoms with van der Waals surface area (Å²) < 4.78 is 5.86. The Bertz CT molecular complexity index is 1160. The number of methoxy groups -OCH3 is 1. The Labute approximate surface area is 179 Å². The highest BCUT2D eigenvalue weighted by molar-refractivity contribution is 6.00. The van der Waals surface area contributed by atoms with E-state index in [2.05, 4.69) is 112 Å². The van der Waals surface area contributed by atoms with Gasteiger partial charge in [-0.2, -0.15) is 0 Å². The van der Waals surface area contributed by atoms with E-state index in [-0.39, 0.29) is 5.41 Å². The van der Waals surface area contributed by atoms with Crippen LogP contribution in [0.1, 0.15) is 26.3 Å². The summed E-state index contributed by atoms with van der Waals surface area (Å²) in [7, 11) is 3.91. The third-order valence-electron chi connectivity index (χ3n) is 5.65. The standard InChI is InChI=1S/C28H29NO/c1-28(2,3)26-25(30-5)19-22-13-9-10-14-24(22)27(26)29(4)23-17-15-21(16-18-23)20-11-7-6-8-12-20/h6-19H,1-5H3. The van der Waals surface area contributed by atoms with Gasteiger partial charge in [0.15, 0.2) is 0 Å². The van der Waals surface area contributed by atoms with Crippen LogP contribution in [0.15, 0.2) is 84.9 Å². The molecule has 2 nitrogen and oxygen atoms in total. The van der Waals surface area contributed by atoms with Crippen LogP contribution in [0.3, 0.4) is 0 Å². The SMILES string of the molecule is COc1cc2ccccc2c(N(C)c2ccc(-c3ccccc3)cc2)c1C(C)(C)C. The van der Waals surface area contributed by atoms with Crippen molar-refractivity contribution in [2.75, 3.05) is 19.1 Å². The molecular formula is C28H29NO. The highest BCUT2D eigenvalue weighted by Crippen LogP contribution is 2.45. The van der Waals surface area contributed by atoms with Crippen molar-refractivity contribution >= 4 is 22.1 Å². The fourth-order valence-electron chi connectivity index (χ4n) is 4.17. The molecule has 4 aromatic rings. The number of ether oxygens (including phenoxy) is 1. The number of benzene rings is 4. The van der Waals surface area contributed by atoms with Gasteiger partial charge in [0.2, 0.25) is 0 Å². The topological polar surface area (TPSA) is 12.5 Å². The zero-order valence-corrected chi connectivity index (χ0v) is 18.4. The summed E-state index contributed by atoms with van der Waals surface area (Å²) >= 11 is 0. The summed E-state index contributed by atoms with van der Waals surface area (Å²) in [4.78, 5) is 2.29. The molecular weight excluding hydrogens is 366 g/mol. The normalized spacial score (nSPS) is 11.5. The van der Waals surface area contributed by atoms with Crippen molar-refractivity contribution in [1.82, 2.24) is 0 Å². The van der Waals surface area contributed by atoms with E-state index < -0.39 is 0 Å². The van der Waals surface area contributed by atoms with Gasteiger partial charge in [-0.05, 0) is 40.1 Å². The van der Waals surface area contributed by atoms with Gasteiger partial charge in [0.1, 0.15) is 5.75 Å². The zero-order chi connectivity index (χ0) is 21.3. The maximum absolute atomic E-state index is 5.86. The third-order valence-corrected chi connectivity index (χ3v) is 5.65. The number of hydrogen-bond donors (Lipinski definition) is 0. The smallest absolute Gasteiger partial charge is 0.125 e. The fourth-order valence-corrected chi connectivity index (χ4v) is 4.17. The van der Waals surface area contributed by atoms with Gasteiger partial charge >= 0.3 is 0 Å². The van der Waals surface area contributed by atoms with Crippen molar-refractivity contribution in [3.05, 3.63) is 90.5 Å². The van der Waals surface area contributed by atoms with E-state index in [1.807, 2.05) is 6.07 Å². The summed E-state index contributed by atoms with van der Waals surface area (Å²) in [6.07, 6.45) is 0. The Morgan fingerprint density at radius 3 is 1.97 bits per heavy atom. The van der Waals surface area contributed by atoms with Crippen LogP contribution in [-0.4, -0.2) is 14.2 Å². The van der Waals surface area contributed by atoms with Crippen LogP contribution in [0.4, 0.5) is 11.4 Å². The molecule has 30 heavy (non-hydrogen) atoms. The molecule has 0 radical (unpaired) electrons. The molecule has 4 aromatic carbocycles. The Morgan fingerprint density at radius 1 is 0.733 bits per heavy atom. The number of nitrogens with zero attached hydrogens (tertiary/aromatic N) is 1. The van der Waals surface area contributed by atoms with Crippen molar-refractivity contribution in [3.8, 4) is 16.9 Å². The molecule has 0 saturated carbocycles. The molecule has 0 saturated heterocycles. The molecule has 0 amide bonds. The second-order valence-corrected chi connectivity index (χ2v) is 8.75. The lowest BCUT2D eigenvalue weighted by Gasteiger charge is -2.32. The molecule has 0 spiro atoms. The molecule has 4 rings (SSSR count). The lowest BCUT2D eigenvalue weighted by molar-refractivity contribution is 0.398. The maximum Gasteiger partial charge on any atom is 0.125 e. The fraction of sp³-hybridized carbons (Fsp3) is 0.214. The van der Waals surface area contributed by atoms with Crippen LogP contribution in [0, 0.1) is 0 Å². The van der Waals surface area contributed by atoms with Gasteiger partial charge in [0.25, 0.3) is 0 Å². The minimum atomic E-state index is -0.0665. The van der Waals surface area contributed by atoms with Crippen LogP contribution < -0.4 is 9.64 Å². The molecule has 0 unspecified atom stereocenters. The molecule has 0 aliphatic heterocycles. The van der Waals surface area contributed by atoms with Crippen LogP contribution in [0.25, 0.3) is 21.9 Å². The predicted octanol–water partition coefficient (Wildman–Crippen LogP) is 7.58. The Balaban J connectivity index is 1.88. The first-order chi connectivity index (χ1) is 14.4. The predicted molar refractivity (Wildman–Crippen MR) is 129 cm³/mol. The molecule has 0 atom stereocenters. The van der Waals surface area contributed by atoms with Crippen molar-refractivity contribution in [1.29, 1.82) is 0 Å². The molecule has 0 heterocycles. The van der Waals surface area contributed by atoms with Gasteiger partial charge in [-0.3, -0.25) is 0 Å². The van der Waals surface area contributed by atoms with Crippen LogP contribution >= 0.6 is 0 Å². The van der Waals surface area contributed by atoms with Crippen molar-refractivity contribution in [3.63, 3.8) is 0 Å². The van der Waals surface area contributed by atoms with E-state index in [1.54, 1.807) is 7.11 Å². The van der Waals surface area contributed by atoms with Crippen LogP contribution in [0.2, 0.25) is 0 Å². The lowest BCUT2D eigenvalue weighted by Crippen LogP contribution is -2.20. The molecule has 0 aliphatic carbocycles. The summed E-state index contributed by atoms with van der Waals surface area (Å²) in [5, 5.41) is 2.42. The molecule has 152 valence electrons. The average Bonchev–Trinajstić information content (AvgIpc) is 2.77. The zero-order valence-electron chi connectivity index (χ0n) is 18.4. The second-order valence-electron chi connectivity index (χ2n) is 8.75. The van der Waals surface area contributed by atoms with E-state index in [9.17, 15) is 0 Å². The lowest BCUT2D eigenvalue weighted by atomic mass is 9.82. The molecule has 0 aliphatic rings. The van der Waals surface area contributed by atoms with Gasteiger partial charge in [0, 0.05) is 23.7 Å². The first-order valence-electron chi connectivity index (χ1n) is 10.4. The quantitative estimate of drug-likeness (QED) is 0.353.